The second-order valence-corrected chi connectivity index (χ2v) is 4.59. The number of methoxy groups -OCH3 is 1. The zero-order valence-electron chi connectivity index (χ0n) is 10.9. The summed E-state index contributed by atoms with van der Waals surface area (Å²) in [6.07, 6.45) is 2.16. The first kappa shape index (κ1) is 13.5. The van der Waals surface area contributed by atoms with Crippen molar-refractivity contribution in [2.75, 3.05) is 13.7 Å². The van der Waals surface area contributed by atoms with Gasteiger partial charge in [-0.2, -0.15) is 0 Å². The molecule has 1 aliphatic rings. The summed E-state index contributed by atoms with van der Waals surface area (Å²) in [6, 6.07) is 7.57. The SMILES string of the molecule is COC(=O)c1ccccc1CNCC(=O)NC1CC1. The maximum atomic E-state index is 11.6. The minimum absolute atomic E-state index is 0.00181. The molecule has 1 aromatic carbocycles. The highest BCUT2D eigenvalue weighted by atomic mass is 16.5. The Morgan fingerprint density at radius 3 is 2.74 bits per heavy atom. The number of nitrogens with one attached hydrogen (secondary N) is 2. The molecule has 5 nitrogen and oxygen atoms in total. The van der Waals surface area contributed by atoms with Gasteiger partial charge in [0, 0.05) is 12.6 Å². The van der Waals surface area contributed by atoms with Crippen molar-refractivity contribution in [1.82, 2.24) is 10.6 Å². The van der Waals surface area contributed by atoms with Crippen LogP contribution in [0.3, 0.4) is 0 Å². The summed E-state index contributed by atoms with van der Waals surface area (Å²) in [4.78, 5) is 23.0. The highest BCUT2D eigenvalue weighted by Crippen LogP contribution is 2.18. The number of amides is 1. The van der Waals surface area contributed by atoms with E-state index >= 15 is 0 Å². The summed E-state index contributed by atoms with van der Waals surface area (Å²) < 4.78 is 4.72. The number of rotatable bonds is 6. The van der Waals surface area contributed by atoms with Crippen LogP contribution >= 0.6 is 0 Å². The first-order valence-corrected chi connectivity index (χ1v) is 6.37. The lowest BCUT2D eigenvalue weighted by molar-refractivity contribution is -0.120. The van der Waals surface area contributed by atoms with E-state index in [2.05, 4.69) is 10.6 Å². The van der Waals surface area contributed by atoms with Crippen molar-refractivity contribution in [1.29, 1.82) is 0 Å². The Morgan fingerprint density at radius 1 is 1.32 bits per heavy atom. The molecule has 0 heterocycles. The van der Waals surface area contributed by atoms with Gasteiger partial charge in [-0.3, -0.25) is 4.79 Å². The van der Waals surface area contributed by atoms with Gasteiger partial charge in [-0.25, -0.2) is 4.79 Å². The Morgan fingerprint density at radius 2 is 2.05 bits per heavy atom. The predicted molar refractivity (Wildman–Crippen MR) is 70.7 cm³/mol. The zero-order chi connectivity index (χ0) is 13.7. The van der Waals surface area contributed by atoms with Crippen LogP contribution in [0.2, 0.25) is 0 Å². The van der Waals surface area contributed by atoms with Crippen molar-refractivity contribution in [3.63, 3.8) is 0 Å². The Labute approximate surface area is 112 Å². The molecule has 2 N–H and O–H groups in total. The molecule has 0 unspecified atom stereocenters. The van der Waals surface area contributed by atoms with Crippen molar-refractivity contribution in [3.8, 4) is 0 Å². The van der Waals surface area contributed by atoms with Gasteiger partial charge in [0.1, 0.15) is 0 Å². The summed E-state index contributed by atoms with van der Waals surface area (Å²) in [7, 11) is 1.36. The molecular formula is C14H18N2O3. The lowest BCUT2D eigenvalue weighted by Gasteiger charge is -2.09. The van der Waals surface area contributed by atoms with Crippen LogP contribution in [0.4, 0.5) is 0 Å². The summed E-state index contributed by atoms with van der Waals surface area (Å²) in [5.74, 6) is -0.363. The molecule has 102 valence electrons. The summed E-state index contributed by atoms with van der Waals surface area (Å²) in [5, 5.41) is 5.93. The topological polar surface area (TPSA) is 67.4 Å². The summed E-state index contributed by atoms with van der Waals surface area (Å²) in [6.45, 7) is 0.718. The molecule has 0 bridgehead atoms. The molecule has 1 amide bonds. The van der Waals surface area contributed by atoms with Crippen LogP contribution in [0.25, 0.3) is 0 Å². The number of carbonyl (C=O) groups is 2. The van der Waals surface area contributed by atoms with Gasteiger partial charge in [-0.15, -0.1) is 0 Å². The standard InChI is InChI=1S/C14H18N2O3/c1-19-14(18)12-5-3-2-4-10(12)8-15-9-13(17)16-11-6-7-11/h2-5,11,15H,6-9H2,1H3,(H,16,17). The lowest BCUT2D eigenvalue weighted by Crippen LogP contribution is -2.35. The minimum Gasteiger partial charge on any atom is -0.465 e. The van der Waals surface area contributed by atoms with E-state index in [0.29, 0.717) is 18.2 Å². The van der Waals surface area contributed by atoms with E-state index in [1.165, 1.54) is 7.11 Å². The fourth-order valence-corrected chi connectivity index (χ4v) is 1.80. The molecule has 2 rings (SSSR count). The fourth-order valence-electron chi connectivity index (χ4n) is 1.80. The molecule has 0 spiro atoms. The molecule has 1 aromatic rings. The van der Waals surface area contributed by atoms with E-state index in [9.17, 15) is 9.59 Å². The van der Waals surface area contributed by atoms with E-state index in [1.54, 1.807) is 12.1 Å². The summed E-state index contributed by atoms with van der Waals surface area (Å²) in [5.41, 5.74) is 1.36. The van der Waals surface area contributed by atoms with Gasteiger partial charge in [0.15, 0.2) is 0 Å². The van der Waals surface area contributed by atoms with Gasteiger partial charge in [0.05, 0.1) is 19.2 Å². The second kappa shape index (κ2) is 6.33. The molecule has 1 aliphatic carbocycles. The second-order valence-electron chi connectivity index (χ2n) is 4.59. The minimum atomic E-state index is -0.361. The fraction of sp³-hybridized carbons (Fsp3) is 0.429. The van der Waals surface area contributed by atoms with Crippen LogP contribution in [0, 0.1) is 0 Å². The van der Waals surface area contributed by atoms with E-state index < -0.39 is 0 Å². The first-order chi connectivity index (χ1) is 9.20. The molecule has 1 saturated carbocycles. The number of esters is 1. The van der Waals surface area contributed by atoms with Gasteiger partial charge in [0.2, 0.25) is 5.91 Å². The van der Waals surface area contributed by atoms with Crippen LogP contribution in [-0.4, -0.2) is 31.6 Å². The predicted octanol–water partition coefficient (Wildman–Crippen LogP) is 0.841. The van der Waals surface area contributed by atoms with Crippen molar-refractivity contribution < 1.29 is 14.3 Å². The number of benzene rings is 1. The Hall–Kier alpha value is -1.88. The van der Waals surface area contributed by atoms with Crippen LogP contribution in [-0.2, 0) is 16.1 Å². The first-order valence-electron chi connectivity index (χ1n) is 6.37. The van der Waals surface area contributed by atoms with Crippen molar-refractivity contribution in [3.05, 3.63) is 35.4 Å². The number of ether oxygens (including phenoxy) is 1. The van der Waals surface area contributed by atoms with Crippen LogP contribution in [0.5, 0.6) is 0 Å². The molecule has 0 aliphatic heterocycles. The maximum Gasteiger partial charge on any atom is 0.338 e. The molecule has 1 fully saturated rings. The van der Waals surface area contributed by atoms with E-state index in [1.807, 2.05) is 12.1 Å². The average Bonchev–Trinajstić information content (AvgIpc) is 3.22. The molecule has 0 aromatic heterocycles. The van der Waals surface area contributed by atoms with E-state index in [0.717, 1.165) is 18.4 Å². The van der Waals surface area contributed by atoms with Crippen LogP contribution < -0.4 is 10.6 Å². The van der Waals surface area contributed by atoms with E-state index in [4.69, 9.17) is 4.74 Å². The third-order valence-electron chi connectivity index (χ3n) is 2.97. The highest BCUT2D eigenvalue weighted by Gasteiger charge is 2.22. The maximum absolute atomic E-state index is 11.6. The normalized spacial score (nSPS) is 13.9. The highest BCUT2D eigenvalue weighted by molar-refractivity contribution is 5.91. The van der Waals surface area contributed by atoms with Crippen molar-refractivity contribution >= 4 is 11.9 Å². The zero-order valence-corrected chi connectivity index (χ0v) is 10.9. The number of carbonyl (C=O) groups excluding carboxylic acids is 2. The van der Waals surface area contributed by atoms with Crippen molar-refractivity contribution in [2.45, 2.75) is 25.4 Å². The van der Waals surface area contributed by atoms with E-state index in [-0.39, 0.29) is 18.4 Å². The van der Waals surface area contributed by atoms with Gasteiger partial charge < -0.3 is 15.4 Å². The Balaban J connectivity index is 1.84. The van der Waals surface area contributed by atoms with Gasteiger partial charge >= 0.3 is 5.97 Å². The molecule has 19 heavy (non-hydrogen) atoms. The molecule has 5 heteroatoms. The lowest BCUT2D eigenvalue weighted by atomic mass is 10.1. The molecule has 0 saturated heterocycles. The van der Waals surface area contributed by atoms with Crippen LogP contribution in [0.1, 0.15) is 28.8 Å². The largest absolute Gasteiger partial charge is 0.465 e. The van der Waals surface area contributed by atoms with Gasteiger partial charge in [-0.1, -0.05) is 18.2 Å². The Kier molecular flexibility index (Phi) is 4.52. The third-order valence-corrected chi connectivity index (χ3v) is 2.97. The van der Waals surface area contributed by atoms with Crippen LogP contribution in [0.15, 0.2) is 24.3 Å². The number of hydrogen-bond donors (Lipinski definition) is 2. The third kappa shape index (κ3) is 4.06. The van der Waals surface area contributed by atoms with Crippen molar-refractivity contribution in [2.24, 2.45) is 0 Å². The Bertz CT molecular complexity index is 470. The number of hydrogen-bond acceptors (Lipinski definition) is 4. The van der Waals surface area contributed by atoms with Gasteiger partial charge in [0.25, 0.3) is 0 Å². The summed E-state index contributed by atoms with van der Waals surface area (Å²) >= 11 is 0. The smallest absolute Gasteiger partial charge is 0.338 e. The monoisotopic (exact) mass is 262 g/mol. The molecule has 0 atom stereocenters. The average molecular weight is 262 g/mol. The molecular weight excluding hydrogens is 244 g/mol. The van der Waals surface area contributed by atoms with Gasteiger partial charge in [-0.05, 0) is 24.5 Å². The molecule has 0 radical (unpaired) electrons. The quantitative estimate of drug-likeness (QED) is 0.746.